The minimum atomic E-state index is -0.546. The van der Waals surface area contributed by atoms with E-state index in [0.29, 0.717) is 34.4 Å². The molecule has 2 heterocycles. The Hall–Kier alpha value is -2.64. The predicted octanol–water partition coefficient (Wildman–Crippen LogP) is 4.47. The predicted molar refractivity (Wildman–Crippen MR) is 121 cm³/mol. The minimum Gasteiger partial charge on any atom is -0.342 e. The van der Waals surface area contributed by atoms with Crippen LogP contribution in [0.25, 0.3) is 16.8 Å². The van der Waals surface area contributed by atoms with E-state index in [-0.39, 0.29) is 23.4 Å². The summed E-state index contributed by atoms with van der Waals surface area (Å²) >= 11 is 12.0. The fraction of sp³-hybridized carbons (Fsp3) is 0.348. The average Bonchev–Trinajstić information content (AvgIpc) is 3.43. The maximum absolute atomic E-state index is 15.1. The number of hydrogen-bond donors (Lipinski definition) is 1. The van der Waals surface area contributed by atoms with Gasteiger partial charge in [-0.15, -0.1) is 0 Å². The van der Waals surface area contributed by atoms with E-state index in [1.165, 1.54) is 10.6 Å². The average molecular weight is 475 g/mol. The first-order chi connectivity index (χ1) is 15.4. The number of aromatic nitrogens is 3. The summed E-state index contributed by atoms with van der Waals surface area (Å²) in [6.45, 7) is 1.37. The molecule has 1 atom stereocenters. The second kappa shape index (κ2) is 8.37. The van der Waals surface area contributed by atoms with Crippen molar-refractivity contribution in [2.45, 2.75) is 25.7 Å². The number of rotatable bonds is 5. The third kappa shape index (κ3) is 4.07. The molecule has 1 saturated carbocycles. The molecule has 1 aliphatic carbocycles. The molecule has 1 saturated heterocycles. The zero-order chi connectivity index (χ0) is 22.4. The number of amides is 1. The molecule has 2 aromatic carbocycles. The molecular formula is C23H21Cl2FN4O2. The van der Waals surface area contributed by atoms with Crippen LogP contribution in [0.15, 0.2) is 41.2 Å². The SMILES string of the molecule is O=C(C1CC1)N1CC[C@@H](Cc2n[nH]c(=O)n2-c2ccc(-c3ccc(Cl)c(Cl)c3)cc2F)C1. The summed E-state index contributed by atoms with van der Waals surface area (Å²) in [7, 11) is 0. The van der Waals surface area contributed by atoms with Crippen LogP contribution in [-0.2, 0) is 11.2 Å². The molecule has 9 heteroatoms. The zero-order valence-electron chi connectivity index (χ0n) is 17.2. The van der Waals surface area contributed by atoms with Crippen LogP contribution >= 0.6 is 23.2 Å². The Balaban J connectivity index is 1.38. The standard InChI is InChI=1S/C23H21Cl2FN4O2/c24-17-5-3-15(10-18(17)25)16-4-6-20(19(26)11-16)30-21(27-28-23(30)32)9-13-7-8-29(12-13)22(31)14-1-2-14/h3-6,10-11,13-14H,1-2,7-9,12H2,(H,28,32)/t13-/m0/s1. The number of H-pyrrole nitrogens is 1. The molecule has 0 bridgehead atoms. The molecular weight excluding hydrogens is 454 g/mol. The Kier molecular flexibility index (Phi) is 5.55. The maximum Gasteiger partial charge on any atom is 0.348 e. The van der Waals surface area contributed by atoms with Crippen molar-refractivity contribution >= 4 is 29.1 Å². The molecule has 5 rings (SSSR count). The van der Waals surface area contributed by atoms with Crippen LogP contribution in [0.5, 0.6) is 0 Å². The number of nitrogens with one attached hydrogen (secondary N) is 1. The molecule has 6 nitrogen and oxygen atoms in total. The summed E-state index contributed by atoms with van der Waals surface area (Å²) in [6.07, 6.45) is 3.30. The molecule has 1 aromatic heterocycles. The highest BCUT2D eigenvalue weighted by molar-refractivity contribution is 6.42. The van der Waals surface area contributed by atoms with Gasteiger partial charge in [-0.1, -0.05) is 35.3 Å². The molecule has 2 aliphatic rings. The lowest BCUT2D eigenvalue weighted by Crippen LogP contribution is -2.30. The Morgan fingerprint density at radius 2 is 1.84 bits per heavy atom. The van der Waals surface area contributed by atoms with Gasteiger partial charge in [0, 0.05) is 25.4 Å². The lowest BCUT2D eigenvalue weighted by Gasteiger charge is -2.16. The first-order valence-electron chi connectivity index (χ1n) is 10.6. The first-order valence-corrected chi connectivity index (χ1v) is 11.4. The maximum atomic E-state index is 15.1. The van der Waals surface area contributed by atoms with Crippen molar-refractivity contribution in [3.8, 4) is 16.8 Å². The molecule has 32 heavy (non-hydrogen) atoms. The summed E-state index contributed by atoms with van der Waals surface area (Å²) in [5.74, 6) is 0.527. The van der Waals surface area contributed by atoms with Crippen LogP contribution in [0.4, 0.5) is 4.39 Å². The molecule has 1 aliphatic heterocycles. The van der Waals surface area contributed by atoms with Crippen LogP contribution in [-0.4, -0.2) is 38.7 Å². The van der Waals surface area contributed by atoms with E-state index in [1.807, 2.05) is 4.90 Å². The Labute approximate surface area is 194 Å². The number of hydrogen-bond acceptors (Lipinski definition) is 3. The Bertz CT molecular complexity index is 1250. The van der Waals surface area contributed by atoms with Gasteiger partial charge in [-0.2, -0.15) is 5.10 Å². The summed E-state index contributed by atoms with van der Waals surface area (Å²) < 4.78 is 16.4. The molecule has 0 radical (unpaired) electrons. The van der Waals surface area contributed by atoms with Crippen molar-refractivity contribution in [3.05, 3.63) is 68.6 Å². The number of aromatic amines is 1. The van der Waals surface area contributed by atoms with Gasteiger partial charge in [0.1, 0.15) is 11.6 Å². The van der Waals surface area contributed by atoms with Crippen LogP contribution in [0.1, 0.15) is 25.1 Å². The van der Waals surface area contributed by atoms with Gasteiger partial charge in [0.15, 0.2) is 0 Å². The highest BCUT2D eigenvalue weighted by atomic mass is 35.5. The van der Waals surface area contributed by atoms with Gasteiger partial charge in [-0.3, -0.25) is 4.79 Å². The topological polar surface area (TPSA) is 71.0 Å². The fourth-order valence-corrected chi connectivity index (χ4v) is 4.60. The number of halogens is 3. The van der Waals surface area contributed by atoms with E-state index in [2.05, 4.69) is 10.2 Å². The quantitative estimate of drug-likeness (QED) is 0.592. The van der Waals surface area contributed by atoms with Gasteiger partial charge >= 0.3 is 5.69 Å². The third-order valence-electron chi connectivity index (χ3n) is 6.18. The van der Waals surface area contributed by atoms with Gasteiger partial charge in [-0.05, 0) is 60.6 Å². The minimum absolute atomic E-state index is 0.131. The second-order valence-electron chi connectivity index (χ2n) is 8.49. The Morgan fingerprint density at radius 1 is 1.09 bits per heavy atom. The van der Waals surface area contributed by atoms with Crippen molar-refractivity contribution in [1.82, 2.24) is 19.7 Å². The molecule has 3 aromatic rings. The monoisotopic (exact) mass is 474 g/mol. The molecule has 2 fully saturated rings. The normalized spacial score (nSPS) is 18.3. The number of likely N-dealkylation sites (tertiary alicyclic amines) is 1. The number of nitrogens with zero attached hydrogens (tertiary/aromatic N) is 3. The van der Waals surface area contributed by atoms with E-state index >= 15 is 4.39 Å². The van der Waals surface area contributed by atoms with Crippen LogP contribution in [0.2, 0.25) is 10.0 Å². The van der Waals surface area contributed by atoms with E-state index in [1.54, 1.807) is 30.3 Å². The summed E-state index contributed by atoms with van der Waals surface area (Å²) in [5.41, 5.74) is 0.973. The van der Waals surface area contributed by atoms with Gasteiger partial charge in [0.05, 0.1) is 15.7 Å². The smallest absolute Gasteiger partial charge is 0.342 e. The van der Waals surface area contributed by atoms with Gasteiger partial charge < -0.3 is 4.90 Å². The highest BCUT2D eigenvalue weighted by Gasteiger charge is 2.37. The lowest BCUT2D eigenvalue weighted by molar-refractivity contribution is -0.131. The zero-order valence-corrected chi connectivity index (χ0v) is 18.7. The molecule has 1 N–H and O–H groups in total. The van der Waals surface area contributed by atoms with E-state index in [9.17, 15) is 9.59 Å². The lowest BCUT2D eigenvalue weighted by atomic mass is 10.0. The van der Waals surface area contributed by atoms with E-state index < -0.39 is 11.5 Å². The van der Waals surface area contributed by atoms with Crippen molar-refractivity contribution in [2.75, 3.05) is 13.1 Å². The molecule has 166 valence electrons. The second-order valence-corrected chi connectivity index (χ2v) is 9.31. The summed E-state index contributed by atoms with van der Waals surface area (Å²) in [4.78, 5) is 26.7. The van der Waals surface area contributed by atoms with Crippen LogP contribution in [0, 0.1) is 17.7 Å². The molecule has 1 amide bonds. The van der Waals surface area contributed by atoms with Crippen molar-refractivity contribution < 1.29 is 9.18 Å². The Morgan fingerprint density at radius 3 is 2.56 bits per heavy atom. The van der Waals surface area contributed by atoms with E-state index in [0.717, 1.165) is 31.4 Å². The van der Waals surface area contributed by atoms with Gasteiger partial charge in [0.2, 0.25) is 5.91 Å². The highest BCUT2D eigenvalue weighted by Crippen LogP contribution is 2.34. The van der Waals surface area contributed by atoms with Crippen molar-refractivity contribution in [3.63, 3.8) is 0 Å². The summed E-state index contributed by atoms with van der Waals surface area (Å²) in [6, 6.07) is 9.74. The van der Waals surface area contributed by atoms with Gasteiger partial charge in [-0.25, -0.2) is 18.9 Å². The molecule has 0 spiro atoms. The number of benzene rings is 2. The third-order valence-corrected chi connectivity index (χ3v) is 6.92. The van der Waals surface area contributed by atoms with Crippen molar-refractivity contribution in [1.29, 1.82) is 0 Å². The number of carbonyl (C=O) groups is 1. The largest absolute Gasteiger partial charge is 0.348 e. The van der Waals surface area contributed by atoms with E-state index in [4.69, 9.17) is 23.2 Å². The fourth-order valence-electron chi connectivity index (χ4n) is 4.30. The first kappa shape index (κ1) is 21.2. The summed E-state index contributed by atoms with van der Waals surface area (Å²) in [5, 5.41) is 7.38. The molecule has 0 unspecified atom stereocenters. The van der Waals surface area contributed by atoms with Gasteiger partial charge in [0.25, 0.3) is 0 Å². The van der Waals surface area contributed by atoms with Crippen molar-refractivity contribution in [2.24, 2.45) is 11.8 Å². The van der Waals surface area contributed by atoms with Crippen LogP contribution < -0.4 is 5.69 Å². The number of carbonyl (C=O) groups excluding carboxylic acids is 1. The van der Waals surface area contributed by atoms with Crippen LogP contribution in [0.3, 0.4) is 0 Å².